The van der Waals surface area contributed by atoms with Crippen LogP contribution in [-0.4, -0.2) is 39.6 Å². The topological polar surface area (TPSA) is 78.3 Å². The van der Waals surface area contributed by atoms with Gasteiger partial charge in [0.15, 0.2) is 16.7 Å². The van der Waals surface area contributed by atoms with Crippen LogP contribution in [0.4, 0.5) is 5.69 Å². The maximum absolute atomic E-state index is 12.3. The van der Waals surface area contributed by atoms with E-state index in [1.807, 2.05) is 34.9 Å². The van der Waals surface area contributed by atoms with Crippen molar-refractivity contribution in [3.05, 3.63) is 54.9 Å². The number of benzene rings is 2. The quantitative estimate of drug-likeness (QED) is 0.698. The number of hydrogen-bond donors (Lipinski definition) is 1. The maximum atomic E-state index is 12.3. The molecule has 0 unspecified atom stereocenters. The summed E-state index contributed by atoms with van der Waals surface area (Å²) in [5.41, 5.74) is 1.62. The number of hydrogen-bond acceptors (Lipinski definition) is 6. The third-order valence-corrected chi connectivity index (χ3v) is 4.65. The number of thioether (sulfide) groups is 1. The Hall–Kier alpha value is -3.00. The van der Waals surface area contributed by atoms with Crippen LogP contribution in [0.3, 0.4) is 0 Å². The minimum absolute atomic E-state index is 0.130. The molecule has 2 heterocycles. The van der Waals surface area contributed by atoms with E-state index < -0.39 is 0 Å². The fraction of sp³-hybridized carbons (Fsp3) is 0.167. The van der Waals surface area contributed by atoms with Gasteiger partial charge >= 0.3 is 0 Å². The summed E-state index contributed by atoms with van der Waals surface area (Å²) in [6.45, 7) is 1.05. The molecule has 1 N–H and O–H groups in total. The molecule has 2 aromatic carbocycles. The molecular formula is C18H16N4O3S. The Bertz CT molecular complexity index is 914. The molecule has 0 bridgehead atoms. The van der Waals surface area contributed by atoms with E-state index in [4.69, 9.17) is 9.47 Å². The molecule has 26 heavy (non-hydrogen) atoms. The van der Waals surface area contributed by atoms with Gasteiger partial charge in [0.1, 0.15) is 19.5 Å². The summed E-state index contributed by atoms with van der Waals surface area (Å²) in [6.07, 6.45) is 1.64. The Morgan fingerprint density at radius 2 is 1.92 bits per heavy atom. The average molecular weight is 368 g/mol. The Morgan fingerprint density at radius 1 is 1.12 bits per heavy atom. The number of carbonyl (C=O) groups is 1. The Labute approximate surface area is 154 Å². The molecule has 1 aliphatic rings. The summed E-state index contributed by atoms with van der Waals surface area (Å²) in [6, 6.07) is 15.1. The lowest BCUT2D eigenvalue weighted by molar-refractivity contribution is -0.113. The van der Waals surface area contributed by atoms with Gasteiger partial charge < -0.3 is 14.8 Å². The number of fused-ring (bicyclic) bond motifs is 1. The lowest BCUT2D eigenvalue weighted by Gasteiger charge is -2.19. The van der Waals surface area contributed by atoms with Crippen LogP contribution in [0, 0.1) is 0 Å². The normalized spacial score (nSPS) is 12.6. The van der Waals surface area contributed by atoms with E-state index in [1.165, 1.54) is 11.8 Å². The minimum Gasteiger partial charge on any atom is -0.486 e. The number of nitrogens with zero attached hydrogens (tertiary/aromatic N) is 3. The first-order chi connectivity index (χ1) is 12.8. The second-order valence-corrected chi connectivity index (χ2v) is 6.46. The monoisotopic (exact) mass is 368 g/mol. The molecule has 8 heteroatoms. The summed E-state index contributed by atoms with van der Waals surface area (Å²) in [7, 11) is 0. The molecule has 0 fully saturated rings. The zero-order valence-electron chi connectivity index (χ0n) is 13.8. The zero-order chi connectivity index (χ0) is 17.8. The van der Waals surface area contributed by atoms with Crippen molar-refractivity contribution < 1.29 is 14.3 Å². The van der Waals surface area contributed by atoms with Crippen LogP contribution in [0.15, 0.2) is 60.0 Å². The minimum atomic E-state index is -0.130. The third-order valence-electron chi connectivity index (χ3n) is 3.71. The predicted molar refractivity (Wildman–Crippen MR) is 98.1 cm³/mol. The van der Waals surface area contributed by atoms with E-state index in [0.717, 1.165) is 5.69 Å². The van der Waals surface area contributed by atoms with Gasteiger partial charge in [0.2, 0.25) is 5.91 Å². The van der Waals surface area contributed by atoms with E-state index in [1.54, 1.807) is 24.5 Å². The van der Waals surface area contributed by atoms with Crippen LogP contribution >= 0.6 is 11.8 Å². The summed E-state index contributed by atoms with van der Waals surface area (Å²) >= 11 is 1.33. The van der Waals surface area contributed by atoms with Gasteiger partial charge in [-0.25, -0.2) is 0 Å². The highest BCUT2D eigenvalue weighted by Crippen LogP contribution is 2.32. The molecule has 7 nitrogen and oxygen atoms in total. The smallest absolute Gasteiger partial charge is 0.234 e. The van der Waals surface area contributed by atoms with Gasteiger partial charge in [-0.1, -0.05) is 30.0 Å². The molecule has 3 aromatic rings. The fourth-order valence-corrected chi connectivity index (χ4v) is 3.27. The second-order valence-electron chi connectivity index (χ2n) is 5.51. The standard InChI is InChI=1S/C18H16N4O3S/c23-17(20-13-6-7-15-16(10-13)25-9-8-24-15)11-26-18-21-19-12-22(18)14-4-2-1-3-5-14/h1-7,10,12H,8-9,11H2,(H,20,23). The van der Waals surface area contributed by atoms with Crippen molar-refractivity contribution in [1.82, 2.24) is 14.8 Å². The molecular weight excluding hydrogens is 352 g/mol. The average Bonchev–Trinajstić information content (AvgIpc) is 3.16. The van der Waals surface area contributed by atoms with Crippen LogP contribution in [0.2, 0.25) is 0 Å². The van der Waals surface area contributed by atoms with Gasteiger partial charge in [-0.2, -0.15) is 0 Å². The predicted octanol–water partition coefficient (Wildman–Crippen LogP) is 2.77. The molecule has 0 spiro atoms. The number of ether oxygens (including phenoxy) is 2. The van der Waals surface area contributed by atoms with E-state index in [2.05, 4.69) is 15.5 Å². The van der Waals surface area contributed by atoms with Crippen LogP contribution < -0.4 is 14.8 Å². The van der Waals surface area contributed by atoms with Crippen molar-refractivity contribution in [2.24, 2.45) is 0 Å². The van der Waals surface area contributed by atoms with Crippen LogP contribution in [0.25, 0.3) is 5.69 Å². The number of carbonyl (C=O) groups excluding carboxylic acids is 1. The lowest BCUT2D eigenvalue weighted by atomic mass is 10.2. The number of aromatic nitrogens is 3. The van der Waals surface area contributed by atoms with Crippen molar-refractivity contribution in [1.29, 1.82) is 0 Å². The fourth-order valence-electron chi connectivity index (χ4n) is 2.54. The summed E-state index contributed by atoms with van der Waals surface area (Å²) in [5, 5.41) is 11.5. The molecule has 0 saturated carbocycles. The van der Waals surface area contributed by atoms with Crippen molar-refractivity contribution >= 4 is 23.4 Å². The van der Waals surface area contributed by atoms with Crippen molar-refractivity contribution in [2.75, 3.05) is 24.3 Å². The first-order valence-corrected chi connectivity index (χ1v) is 9.06. The van der Waals surface area contributed by atoms with Gasteiger partial charge in [0, 0.05) is 17.4 Å². The molecule has 0 atom stereocenters. The Balaban J connectivity index is 1.39. The molecule has 1 aliphatic heterocycles. The number of rotatable bonds is 5. The molecule has 132 valence electrons. The highest BCUT2D eigenvalue weighted by Gasteiger charge is 2.14. The van der Waals surface area contributed by atoms with Crippen molar-refractivity contribution in [3.8, 4) is 17.2 Å². The first kappa shape index (κ1) is 16.5. The van der Waals surface area contributed by atoms with Gasteiger partial charge in [-0.05, 0) is 24.3 Å². The maximum Gasteiger partial charge on any atom is 0.234 e. The van der Waals surface area contributed by atoms with Crippen molar-refractivity contribution in [2.45, 2.75) is 5.16 Å². The molecule has 0 saturated heterocycles. The second kappa shape index (κ2) is 7.49. The number of para-hydroxylation sites is 1. The third kappa shape index (κ3) is 3.65. The van der Waals surface area contributed by atoms with Gasteiger partial charge in [0.25, 0.3) is 0 Å². The number of nitrogens with one attached hydrogen (secondary N) is 1. The van der Waals surface area contributed by atoms with Crippen LogP contribution in [0.1, 0.15) is 0 Å². The lowest BCUT2D eigenvalue weighted by Crippen LogP contribution is -2.17. The van der Waals surface area contributed by atoms with Crippen LogP contribution in [-0.2, 0) is 4.79 Å². The highest BCUT2D eigenvalue weighted by atomic mass is 32.2. The van der Waals surface area contributed by atoms with E-state index in [-0.39, 0.29) is 11.7 Å². The first-order valence-electron chi connectivity index (χ1n) is 8.07. The Morgan fingerprint density at radius 3 is 2.77 bits per heavy atom. The molecule has 1 aromatic heterocycles. The van der Waals surface area contributed by atoms with Gasteiger partial charge in [-0.3, -0.25) is 9.36 Å². The van der Waals surface area contributed by atoms with E-state index >= 15 is 0 Å². The number of anilines is 1. The summed E-state index contributed by atoms with van der Waals surface area (Å²) in [4.78, 5) is 12.3. The van der Waals surface area contributed by atoms with Gasteiger partial charge in [-0.15, -0.1) is 10.2 Å². The summed E-state index contributed by atoms with van der Waals surface area (Å²) < 4.78 is 12.9. The molecule has 0 radical (unpaired) electrons. The molecule has 1 amide bonds. The summed E-state index contributed by atoms with van der Waals surface area (Å²) in [5.74, 6) is 1.43. The zero-order valence-corrected chi connectivity index (χ0v) is 14.6. The highest BCUT2D eigenvalue weighted by molar-refractivity contribution is 7.99. The van der Waals surface area contributed by atoms with Crippen LogP contribution in [0.5, 0.6) is 11.5 Å². The SMILES string of the molecule is O=C(CSc1nncn1-c1ccccc1)Nc1ccc2c(c1)OCCO2. The van der Waals surface area contributed by atoms with E-state index in [9.17, 15) is 4.79 Å². The van der Waals surface area contributed by atoms with E-state index in [0.29, 0.717) is 35.6 Å². The molecule has 4 rings (SSSR count). The number of amides is 1. The van der Waals surface area contributed by atoms with Crippen molar-refractivity contribution in [3.63, 3.8) is 0 Å². The van der Waals surface area contributed by atoms with Gasteiger partial charge in [0.05, 0.1) is 5.75 Å². The largest absolute Gasteiger partial charge is 0.486 e. The molecule has 0 aliphatic carbocycles. The Kier molecular flexibility index (Phi) is 4.74.